The Bertz CT molecular complexity index is 1650. The fourth-order valence-corrected chi connectivity index (χ4v) is 4.10. The van der Waals surface area contributed by atoms with E-state index in [-0.39, 0.29) is 28.2 Å². The van der Waals surface area contributed by atoms with Gasteiger partial charge in [0.05, 0.1) is 28.7 Å². The molecule has 0 unspecified atom stereocenters. The summed E-state index contributed by atoms with van der Waals surface area (Å²) in [6, 6.07) is 8.16. The van der Waals surface area contributed by atoms with Gasteiger partial charge in [-0.2, -0.15) is 13.2 Å². The molecule has 5 aromatic rings. The highest BCUT2D eigenvalue weighted by Gasteiger charge is 2.38. The van der Waals surface area contributed by atoms with Gasteiger partial charge in [0.15, 0.2) is 5.82 Å². The van der Waals surface area contributed by atoms with Gasteiger partial charge in [-0.25, -0.2) is 9.97 Å². The maximum absolute atomic E-state index is 13.4. The highest BCUT2D eigenvalue weighted by Crippen LogP contribution is 2.39. The molecule has 0 saturated heterocycles. The lowest BCUT2D eigenvalue weighted by Gasteiger charge is -2.18. The summed E-state index contributed by atoms with van der Waals surface area (Å²) in [5, 5.41) is 7.82. The van der Waals surface area contributed by atoms with Gasteiger partial charge in [0.2, 0.25) is 5.43 Å². The first kappa shape index (κ1) is 22.2. The standard InChI is InChI=1S/C25H19F3N6O2/c1-14(25(26,27)28)34-13-30-32-24(34)20-4-2-3-19(31-20)18-11-36-22-8-7-16(9-17(22)23(18)35)33-10-21(29-12-33)15-5-6-15/h2-4,7-15H,5-6H2,1H3/t14-/m0/s1. The molecule has 1 atom stereocenters. The molecule has 0 bridgehead atoms. The van der Waals surface area contributed by atoms with Gasteiger partial charge < -0.3 is 13.6 Å². The molecule has 1 aliphatic carbocycles. The van der Waals surface area contributed by atoms with Gasteiger partial charge in [0.25, 0.3) is 0 Å². The molecule has 0 spiro atoms. The molecular formula is C25H19F3N6O2. The van der Waals surface area contributed by atoms with Gasteiger partial charge in [-0.3, -0.25) is 4.79 Å². The number of benzene rings is 1. The summed E-state index contributed by atoms with van der Waals surface area (Å²) < 4.78 is 48.4. The van der Waals surface area contributed by atoms with Gasteiger partial charge in [0.1, 0.15) is 29.9 Å². The van der Waals surface area contributed by atoms with Crippen LogP contribution in [0.3, 0.4) is 0 Å². The monoisotopic (exact) mass is 492 g/mol. The topological polar surface area (TPSA) is 91.6 Å². The van der Waals surface area contributed by atoms with Crippen molar-refractivity contribution in [2.75, 3.05) is 0 Å². The Balaban J connectivity index is 1.40. The first-order chi connectivity index (χ1) is 17.3. The molecule has 36 heavy (non-hydrogen) atoms. The van der Waals surface area contributed by atoms with Crippen LogP contribution in [0.4, 0.5) is 13.2 Å². The minimum absolute atomic E-state index is 0.0549. The smallest absolute Gasteiger partial charge is 0.408 e. The van der Waals surface area contributed by atoms with Crippen molar-refractivity contribution in [1.29, 1.82) is 0 Å². The third-order valence-electron chi connectivity index (χ3n) is 6.37. The van der Waals surface area contributed by atoms with Crippen molar-refractivity contribution >= 4 is 11.0 Å². The number of aromatic nitrogens is 6. The van der Waals surface area contributed by atoms with Crippen molar-refractivity contribution in [1.82, 2.24) is 29.3 Å². The van der Waals surface area contributed by atoms with E-state index in [4.69, 9.17) is 4.42 Å². The zero-order chi connectivity index (χ0) is 25.0. The number of hydrogen-bond acceptors (Lipinski definition) is 6. The van der Waals surface area contributed by atoms with E-state index in [1.807, 2.05) is 16.8 Å². The van der Waals surface area contributed by atoms with Crippen LogP contribution in [0.5, 0.6) is 0 Å². The molecule has 0 radical (unpaired) electrons. The minimum atomic E-state index is -4.49. The minimum Gasteiger partial charge on any atom is -0.463 e. The van der Waals surface area contributed by atoms with E-state index in [2.05, 4.69) is 20.2 Å². The van der Waals surface area contributed by atoms with Gasteiger partial charge >= 0.3 is 6.18 Å². The quantitative estimate of drug-likeness (QED) is 0.331. The summed E-state index contributed by atoms with van der Waals surface area (Å²) in [7, 11) is 0. The molecule has 1 aliphatic rings. The van der Waals surface area contributed by atoms with E-state index in [0.717, 1.165) is 42.0 Å². The highest BCUT2D eigenvalue weighted by molar-refractivity contribution is 5.83. The van der Waals surface area contributed by atoms with Gasteiger partial charge in [-0.15, -0.1) is 10.2 Å². The predicted octanol–water partition coefficient (Wildman–Crippen LogP) is 5.30. The largest absolute Gasteiger partial charge is 0.463 e. The van der Waals surface area contributed by atoms with Crippen molar-refractivity contribution < 1.29 is 17.6 Å². The summed E-state index contributed by atoms with van der Waals surface area (Å²) >= 11 is 0. The first-order valence-corrected chi connectivity index (χ1v) is 11.3. The maximum Gasteiger partial charge on any atom is 0.408 e. The Labute approximate surface area is 202 Å². The molecule has 4 aromatic heterocycles. The van der Waals surface area contributed by atoms with Gasteiger partial charge in [0, 0.05) is 17.8 Å². The molecule has 0 N–H and O–H groups in total. The Kier molecular flexibility index (Phi) is 5.02. The van der Waals surface area contributed by atoms with E-state index in [9.17, 15) is 18.0 Å². The molecular weight excluding hydrogens is 473 g/mol. The van der Waals surface area contributed by atoms with Crippen molar-refractivity contribution in [3.63, 3.8) is 0 Å². The van der Waals surface area contributed by atoms with E-state index < -0.39 is 12.2 Å². The lowest BCUT2D eigenvalue weighted by molar-refractivity contribution is -0.162. The van der Waals surface area contributed by atoms with Crippen LogP contribution in [-0.4, -0.2) is 35.5 Å². The van der Waals surface area contributed by atoms with Crippen LogP contribution in [-0.2, 0) is 0 Å². The second-order valence-corrected chi connectivity index (χ2v) is 8.83. The van der Waals surface area contributed by atoms with Crippen LogP contribution in [0.15, 0.2) is 70.7 Å². The average Bonchev–Trinajstić information content (AvgIpc) is 3.39. The third kappa shape index (κ3) is 3.86. The Morgan fingerprint density at radius 1 is 1.11 bits per heavy atom. The van der Waals surface area contributed by atoms with Crippen LogP contribution < -0.4 is 5.43 Å². The summed E-state index contributed by atoms with van der Waals surface area (Å²) in [6.45, 7) is 1.01. The summed E-state index contributed by atoms with van der Waals surface area (Å²) in [6.07, 6.45) is 3.80. The zero-order valence-electron chi connectivity index (χ0n) is 19.0. The fraction of sp³-hybridized carbons (Fsp3) is 0.240. The molecule has 1 saturated carbocycles. The molecule has 8 nitrogen and oxygen atoms in total. The molecule has 1 fully saturated rings. The molecule has 11 heteroatoms. The molecule has 182 valence electrons. The second kappa shape index (κ2) is 8.14. The number of hydrogen-bond donors (Lipinski definition) is 0. The van der Waals surface area contributed by atoms with Crippen LogP contribution >= 0.6 is 0 Å². The second-order valence-electron chi connectivity index (χ2n) is 8.83. The van der Waals surface area contributed by atoms with Crippen LogP contribution in [0.25, 0.3) is 39.4 Å². The third-order valence-corrected chi connectivity index (χ3v) is 6.37. The van der Waals surface area contributed by atoms with E-state index in [0.29, 0.717) is 16.9 Å². The number of halogens is 3. The Hall–Kier alpha value is -4.28. The van der Waals surface area contributed by atoms with Gasteiger partial charge in [-0.1, -0.05) is 6.07 Å². The molecule has 4 heterocycles. The summed E-state index contributed by atoms with van der Waals surface area (Å²) in [5.41, 5.74) is 2.48. The normalized spacial score (nSPS) is 14.9. The maximum atomic E-state index is 13.4. The van der Waals surface area contributed by atoms with Crippen LogP contribution in [0, 0.1) is 0 Å². The number of pyridine rings is 1. The van der Waals surface area contributed by atoms with E-state index in [1.54, 1.807) is 30.6 Å². The van der Waals surface area contributed by atoms with Gasteiger partial charge in [-0.05, 0) is 50.1 Å². The number of rotatable bonds is 5. The highest BCUT2D eigenvalue weighted by atomic mass is 19.4. The number of imidazole rings is 1. The molecule has 0 aliphatic heterocycles. The lowest BCUT2D eigenvalue weighted by Crippen LogP contribution is -2.24. The molecule has 1 aromatic carbocycles. The van der Waals surface area contributed by atoms with E-state index in [1.165, 1.54) is 12.3 Å². The Morgan fingerprint density at radius 2 is 1.92 bits per heavy atom. The number of nitrogens with zero attached hydrogens (tertiary/aromatic N) is 6. The van der Waals surface area contributed by atoms with Crippen molar-refractivity contribution in [2.24, 2.45) is 0 Å². The SMILES string of the molecule is C[C@H](n1cnnc1-c1cccc(-c2coc3ccc(-n4cnc(C5CC5)c4)cc3c2=O)n1)C(F)(F)F. The number of fused-ring (bicyclic) bond motifs is 1. The van der Waals surface area contributed by atoms with Crippen LogP contribution in [0.2, 0.25) is 0 Å². The lowest BCUT2D eigenvalue weighted by atomic mass is 10.1. The van der Waals surface area contributed by atoms with Crippen LogP contribution in [0.1, 0.15) is 37.4 Å². The molecule has 0 amide bonds. The predicted molar refractivity (Wildman–Crippen MR) is 125 cm³/mol. The zero-order valence-corrected chi connectivity index (χ0v) is 19.0. The van der Waals surface area contributed by atoms with E-state index >= 15 is 0 Å². The summed E-state index contributed by atoms with van der Waals surface area (Å²) in [4.78, 5) is 22.3. The fourth-order valence-electron chi connectivity index (χ4n) is 4.10. The average molecular weight is 492 g/mol. The van der Waals surface area contributed by atoms with Crippen molar-refractivity contribution in [3.8, 4) is 28.5 Å². The molecule has 6 rings (SSSR count). The summed E-state index contributed by atoms with van der Waals surface area (Å²) in [5.74, 6) is 0.451. The van der Waals surface area contributed by atoms with Crippen molar-refractivity contribution in [2.45, 2.75) is 37.9 Å². The number of alkyl halides is 3. The van der Waals surface area contributed by atoms with Crippen molar-refractivity contribution in [3.05, 3.63) is 77.4 Å². The Morgan fingerprint density at radius 3 is 2.69 bits per heavy atom. The first-order valence-electron chi connectivity index (χ1n) is 11.3.